The number of hydrogen-bond donors (Lipinski definition) is 2. The molecule has 0 fully saturated rings. The number of aromatic nitrogens is 2. The molecule has 0 amide bonds. The normalized spacial score (nSPS) is 10.9. The zero-order valence-corrected chi connectivity index (χ0v) is 11.7. The van der Waals surface area contributed by atoms with E-state index in [0.29, 0.717) is 0 Å². The maximum absolute atomic E-state index is 12.3. The first kappa shape index (κ1) is 14.7. The molecule has 0 unspecified atom stereocenters. The number of non-ortho nitro benzene ring substituents is 1. The van der Waals surface area contributed by atoms with Crippen molar-refractivity contribution in [3.05, 3.63) is 46.8 Å². The van der Waals surface area contributed by atoms with Gasteiger partial charge < -0.3 is 5.32 Å². The van der Waals surface area contributed by atoms with Gasteiger partial charge in [0.25, 0.3) is 15.7 Å². The van der Waals surface area contributed by atoms with E-state index < -0.39 is 14.9 Å². The van der Waals surface area contributed by atoms with Crippen LogP contribution in [0.5, 0.6) is 0 Å². The summed E-state index contributed by atoms with van der Waals surface area (Å²) in [6.07, 6.45) is 2.74. The zero-order chi connectivity index (χ0) is 15.5. The molecule has 21 heavy (non-hydrogen) atoms. The van der Waals surface area contributed by atoms with Crippen molar-refractivity contribution in [2.45, 2.75) is 4.90 Å². The average molecular weight is 309 g/mol. The first-order chi connectivity index (χ1) is 9.94. The molecule has 0 saturated carbocycles. The summed E-state index contributed by atoms with van der Waals surface area (Å²) in [4.78, 5) is 17.3. The summed E-state index contributed by atoms with van der Waals surface area (Å²) in [6, 6.07) is 5.03. The number of nitro groups is 1. The van der Waals surface area contributed by atoms with Gasteiger partial charge in [-0.25, -0.2) is 23.1 Å². The van der Waals surface area contributed by atoms with Gasteiger partial charge in [0, 0.05) is 31.6 Å². The summed E-state index contributed by atoms with van der Waals surface area (Å²) in [5.41, 5.74) is -0.104. The van der Waals surface area contributed by atoms with Gasteiger partial charge in [0.05, 0.1) is 10.6 Å². The SMILES string of the molecule is CNc1ccc([N+](=O)[O-])cc1S(=O)(=O)Nc1ncccn1. The van der Waals surface area contributed by atoms with Crippen LogP contribution < -0.4 is 10.0 Å². The van der Waals surface area contributed by atoms with E-state index >= 15 is 0 Å². The Morgan fingerprint density at radius 1 is 1.24 bits per heavy atom. The molecule has 1 aromatic carbocycles. The molecule has 10 heteroatoms. The number of anilines is 2. The molecule has 0 saturated heterocycles. The molecule has 9 nitrogen and oxygen atoms in total. The second kappa shape index (κ2) is 5.71. The Kier molecular flexibility index (Phi) is 3.98. The molecule has 0 spiro atoms. The molecule has 2 N–H and O–H groups in total. The Bertz CT molecular complexity index is 763. The van der Waals surface area contributed by atoms with E-state index in [1.165, 1.54) is 37.6 Å². The number of rotatable bonds is 5. The van der Waals surface area contributed by atoms with Crippen molar-refractivity contribution in [2.75, 3.05) is 17.1 Å². The van der Waals surface area contributed by atoms with E-state index in [2.05, 4.69) is 20.0 Å². The molecular formula is C11H11N5O4S. The second-order valence-electron chi connectivity index (χ2n) is 3.87. The van der Waals surface area contributed by atoms with Gasteiger partial charge in [-0.3, -0.25) is 10.1 Å². The first-order valence-electron chi connectivity index (χ1n) is 5.70. The molecule has 0 atom stereocenters. The summed E-state index contributed by atoms with van der Waals surface area (Å²) in [6.45, 7) is 0. The van der Waals surface area contributed by atoms with Gasteiger partial charge in [0.2, 0.25) is 5.95 Å². The number of hydrogen-bond acceptors (Lipinski definition) is 7. The number of nitrogens with zero attached hydrogens (tertiary/aromatic N) is 3. The van der Waals surface area contributed by atoms with Crippen LogP contribution in [0.15, 0.2) is 41.6 Å². The fourth-order valence-electron chi connectivity index (χ4n) is 1.58. The topological polar surface area (TPSA) is 127 Å². The third-order valence-corrected chi connectivity index (χ3v) is 3.89. The van der Waals surface area contributed by atoms with Crippen LogP contribution in [0.1, 0.15) is 0 Å². The highest BCUT2D eigenvalue weighted by Crippen LogP contribution is 2.27. The van der Waals surface area contributed by atoms with Crippen molar-refractivity contribution in [3.8, 4) is 0 Å². The maximum atomic E-state index is 12.3. The molecule has 110 valence electrons. The Morgan fingerprint density at radius 3 is 2.48 bits per heavy atom. The summed E-state index contributed by atoms with van der Waals surface area (Å²) in [5, 5.41) is 13.5. The van der Waals surface area contributed by atoms with Gasteiger partial charge in [0.1, 0.15) is 4.90 Å². The minimum Gasteiger partial charge on any atom is -0.387 e. The Labute approximate surface area is 120 Å². The highest BCUT2D eigenvalue weighted by molar-refractivity contribution is 7.92. The third-order valence-electron chi connectivity index (χ3n) is 2.53. The molecule has 1 heterocycles. The molecule has 0 aliphatic rings. The smallest absolute Gasteiger partial charge is 0.270 e. The van der Waals surface area contributed by atoms with Crippen LogP contribution in [0, 0.1) is 10.1 Å². The van der Waals surface area contributed by atoms with Crippen molar-refractivity contribution >= 4 is 27.3 Å². The van der Waals surface area contributed by atoms with E-state index in [1.54, 1.807) is 0 Å². The van der Waals surface area contributed by atoms with Gasteiger partial charge in [0.15, 0.2) is 0 Å². The van der Waals surface area contributed by atoms with E-state index in [4.69, 9.17) is 0 Å². The van der Waals surface area contributed by atoms with Gasteiger partial charge in [-0.2, -0.15) is 0 Å². The van der Waals surface area contributed by atoms with Crippen LogP contribution in [-0.2, 0) is 10.0 Å². The van der Waals surface area contributed by atoms with E-state index in [-0.39, 0.29) is 22.2 Å². The van der Waals surface area contributed by atoms with Crippen molar-refractivity contribution in [3.63, 3.8) is 0 Å². The zero-order valence-electron chi connectivity index (χ0n) is 10.8. The highest BCUT2D eigenvalue weighted by Gasteiger charge is 2.22. The standard InChI is InChI=1S/C11H11N5O4S/c1-12-9-4-3-8(16(17)18)7-10(9)21(19,20)15-11-13-5-2-6-14-11/h2-7,12H,1H3,(H,13,14,15). The van der Waals surface area contributed by atoms with Gasteiger partial charge in [-0.1, -0.05) is 0 Å². The summed E-state index contributed by atoms with van der Waals surface area (Å²) in [7, 11) is -2.54. The fourth-order valence-corrected chi connectivity index (χ4v) is 2.77. The molecular weight excluding hydrogens is 298 g/mol. The lowest BCUT2D eigenvalue weighted by Gasteiger charge is -2.10. The van der Waals surface area contributed by atoms with Crippen LogP contribution in [0.3, 0.4) is 0 Å². The van der Waals surface area contributed by atoms with Gasteiger partial charge in [-0.05, 0) is 12.1 Å². The Morgan fingerprint density at radius 2 is 1.90 bits per heavy atom. The number of nitro benzene ring substituents is 1. The van der Waals surface area contributed by atoms with Gasteiger partial charge >= 0.3 is 0 Å². The average Bonchev–Trinajstić information content (AvgIpc) is 2.47. The van der Waals surface area contributed by atoms with E-state index in [0.717, 1.165) is 6.07 Å². The maximum Gasteiger partial charge on any atom is 0.270 e. The lowest BCUT2D eigenvalue weighted by atomic mass is 10.3. The van der Waals surface area contributed by atoms with Crippen molar-refractivity contribution in [2.24, 2.45) is 0 Å². The predicted molar refractivity (Wildman–Crippen MR) is 75.5 cm³/mol. The number of benzene rings is 1. The monoisotopic (exact) mass is 309 g/mol. The van der Waals surface area contributed by atoms with E-state index in [1.807, 2.05) is 0 Å². The summed E-state index contributed by atoms with van der Waals surface area (Å²) >= 11 is 0. The molecule has 0 aliphatic carbocycles. The minimum absolute atomic E-state index is 0.119. The first-order valence-corrected chi connectivity index (χ1v) is 7.18. The van der Waals surface area contributed by atoms with E-state index in [9.17, 15) is 18.5 Å². The third kappa shape index (κ3) is 3.23. The van der Waals surface area contributed by atoms with Crippen LogP contribution in [0.4, 0.5) is 17.3 Å². The largest absolute Gasteiger partial charge is 0.387 e. The van der Waals surface area contributed by atoms with Crippen LogP contribution >= 0.6 is 0 Å². The number of nitrogens with one attached hydrogen (secondary N) is 2. The fraction of sp³-hybridized carbons (Fsp3) is 0.0909. The molecule has 0 aliphatic heterocycles. The van der Waals surface area contributed by atoms with Crippen molar-refractivity contribution < 1.29 is 13.3 Å². The van der Waals surface area contributed by atoms with Gasteiger partial charge in [-0.15, -0.1) is 0 Å². The van der Waals surface area contributed by atoms with Crippen LogP contribution in [-0.4, -0.2) is 30.4 Å². The molecule has 1 aromatic heterocycles. The number of sulfonamides is 1. The molecule has 2 rings (SSSR count). The summed E-state index contributed by atoms with van der Waals surface area (Å²) in [5.74, 6) is -0.119. The lowest BCUT2D eigenvalue weighted by molar-refractivity contribution is -0.385. The molecule has 2 aromatic rings. The Balaban J connectivity index is 2.48. The lowest BCUT2D eigenvalue weighted by Crippen LogP contribution is -2.16. The minimum atomic E-state index is -4.05. The molecule has 0 radical (unpaired) electrons. The highest BCUT2D eigenvalue weighted by atomic mass is 32.2. The van der Waals surface area contributed by atoms with Crippen LogP contribution in [0.2, 0.25) is 0 Å². The summed E-state index contributed by atoms with van der Waals surface area (Å²) < 4.78 is 26.8. The Hall–Kier alpha value is -2.75. The van der Waals surface area contributed by atoms with Crippen LogP contribution in [0.25, 0.3) is 0 Å². The van der Waals surface area contributed by atoms with Crippen molar-refractivity contribution in [1.29, 1.82) is 0 Å². The predicted octanol–water partition coefficient (Wildman–Crippen LogP) is 1.23. The second-order valence-corrected chi connectivity index (χ2v) is 5.52. The molecule has 0 bridgehead atoms. The quantitative estimate of drug-likeness (QED) is 0.628. The van der Waals surface area contributed by atoms with Crippen molar-refractivity contribution in [1.82, 2.24) is 9.97 Å².